The standard InChI is InChI=1S/C8H12O2/c1-3-7(4-2)5-6-8(9)10/h3,5-6H,4H2,1-2H3,(H,9,10)/b6-5+,7-3-. The average molecular weight is 140 g/mol. The molecule has 0 spiro atoms. The Bertz CT molecular complexity index is 166. The molecule has 0 saturated carbocycles. The number of aliphatic carboxylic acids is 1. The number of hydrogen-bond acceptors (Lipinski definition) is 1. The zero-order valence-electron chi connectivity index (χ0n) is 6.29. The van der Waals surface area contributed by atoms with E-state index in [4.69, 9.17) is 5.11 Å². The van der Waals surface area contributed by atoms with Crippen LogP contribution in [0, 0.1) is 0 Å². The highest BCUT2D eigenvalue weighted by molar-refractivity contribution is 5.80. The van der Waals surface area contributed by atoms with Crippen molar-refractivity contribution in [2.75, 3.05) is 0 Å². The highest BCUT2D eigenvalue weighted by atomic mass is 16.4. The van der Waals surface area contributed by atoms with Crippen LogP contribution in [0.4, 0.5) is 0 Å². The monoisotopic (exact) mass is 140 g/mol. The Hall–Kier alpha value is -1.05. The molecule has 0 aromatic heterocycles. The van der Waals surface area contributed by atoms with E-state index in [1.807, 2.05) is 19.9 Å². The third-order valence-electron chi connectivity index (χ3n) is 1.22. The molecule has 0 atom stereocenters. The molecule has 0 saturated heterocycles. The lowest BCUT2D eigenvalue weighted by Crippen LogP contribution is -1.86. The lowest BCUT2D eigenvalue weighted by Gasteiger charge is -1.90. The van der Waals surface area contributed by atoms with E-state index >= 15 is 0 Å². The highest BCUT2D eigenvalue weighted by Gasteiger charge is 1.87. The molecule has 10 heavy (non-hydrogen) atoms. The first-order valence-corrected chi connectivity index (χ1v) is 3.27. The van der Waals surface area contributed by atoms with E-state index in [0.29, 0.717) is 0 Å². The summed E-state index contributed by atoms with van der Waals surface area (Å²) in [4.78, 5) is 10.0. The second-order valence-corrected chi connectivity index (χ2v) is 1.89. The molecule has 1 N–H and O–H groups in total. The summed E-state index contributed by atoms with van der Waals surface area (Å²) < 4.78 is 0. The topological polar surface area (TPSA) is 37.3 Å². The molecular weight excluding hydrogens is 128 g/mol. The van der Waals surface area contributed by atoms with Crippen molar-refractivity contribution in [2.24, 2.45) is 0 Å². The number of allylic oxidation sites excluding steroid dienone is 3. The fraction of sp³-hybridized carbons (Fsp3) is 0.375. The number of rotatable bonds is 3. The number of hydrogen-bond donors (Lipinski definition) is 1. The molecule has 0 aromatic carbocycles. The maximum Gasteiger partial charge on any atom is 0.328 e. The number of carboxylic acids is 1. The summed E-state index contributed by atoms with van der Waals surface area (Å²) in [7, 11) is 0. The van der Waals surface area contributed by atoms with Crippen LogP contribution in [-0.2, 0) is 4.79 Å². The first-order valence-electron chi connectivity index (χ1n) is 3.27. The molecule has 0 aliphatic carbocycles. The zero-order chi connectivity index (χ0) is 7.98. The van der Waals surface area contributed by atoms with Crippen molar-refractivity contribution < 1.29 is 9.90 Å². The van der Waals surface area contributed by atoms with Crippen molar-refractivity contribution in [1.82, 2.24) is 0 Å². The summed E-state index contributed by atoms with van der Waals surface area (Å²) in [5.74, 6) is -0.896. The van der Waals surface area contributed by atoms with Gasteiger partial charge in [-0.2, -0.15) is 0 Å². The van der Waals surface area contributed by atoms with Crippen LogP contribution in [0.25, 0.3) is 0 Å². The third-order valence-corrected chi connectivity index (χ3v) is 1.22. The summed E-state index contributed by atoms with van der Waals surface area (Å²) in [6, 6.07) is 0. The molecule has 0 amide bonds. The normalized spacial score (nSPS) is 12.4. The van der Waals surface area contributed by atoms with Gasteiger partial charge in [-0.05, 0) is 13.3 Å². The molecule has 0 fully saturated rings. The van der Waals surface area contributed by atoms with Crippen LogP contribution in [0.5, 0.6) is 0 Å². The lowest BCUT2D eigenvalue weighted by atomic mass is 10.2. The Kier molecular flexibility index (Phi) is 4.29. The van der Waals surface area contributed by atoms with E-state index in [1.54, 1.807) is 6.08 Å². The Morgan fingerprint density at radius 1 is 1.50 bits per heavy atom. The minimum absolute atomic E-state index is 0.875. The fourth-order valence-electron chi connectivity index (χ4n) is 0.597. The Balaban J connectivity index is 3.98. The van der Waals surface area contributed by atoms with Crippen LogP contribution >= 0.6 is 0 Å². The molecular formula is C8H12O2. The molecule has 0 aromatic rings. The van der Waals surface area contributed by atoms with Crippen LogP contribution in [0.1, 0.15) is 20.3 Å². The molecule has 0 aliphatic rings. The quantitative estimate of drug-likeness (QED) is 0.480. The van der Waals surface area contributed by atoms with Gasteiger partial charge in [-0.25, -0.2) is 4.79 Å². The van der Waals surface area contributed by atoms with E-state index in [9.17, 15) is 4.79 Å². The van der Waals surface area contributed by atoms with Gasteiger partial charge >= 0.3 is 5.97 Å². The summed E-state index contributed by atoms with van der Waals surface area (Å²) in [6.07, 6.45) is 5.54. The van der Waals surface area contributed by atoms with Crippen molar-refractivity contribution in [3.8, 4) is 0 Å². The average Bonchev–Trinajstić information content (AvgIpc) is 1.90. The Morgan fingerprint density at radius 2 is 2.10 bits per heavy atom. The van der Waals surface area contributed by atoms with Gasteiger partial charge in [-0.1, -0.05) is 24.6 Å². The van der Waals surface area contributed by atoms with Crippen molar-refractivity contribution in [1.29, 1.82) is 0 Å². The Labute approximate surface area is 60.9 Å². The predicted octanol–water partition coefficient (Wildman–Crippen LogP) is 1.98. The first kappa shape index (κ1) is 8.95. The van der Waals surface area contributed by atoms with Gasteiger partial charge in [-0.3, -0.25) is 0 Å². The summed E-state index contributed by atoms with van der Waals surface area (Å²) >= 11 is 0. The van der Waals surface area contributed by atoms with Gasteiger partial charge in [-0.15, -0.1) is 0 Å². The predicted molar refractivity (Wildman–Crippen MR) is 40.8 cm³/mol. The first-order chi connectivity index (χ1) is 4.70. The van der Waals surface area contributed by atoms with Crippen molar-refractivity contribution in [3.05, 3.63) is 23.8 Å². The largest absolute Gasteiger partial charge is 0.478 e. The SMILES string of the molecule is C/C=C(\C=C\C(=O)O)CC. The highest BCUT2D eigenvalue weighted by Crippen LogP contribution is 2.00. The van der Waals surface area contributed by atoms with Gasteiger partial charge < -0.3 is 5.11 Å². The minimum Gasteiger partial charge on any atom is -0.478 e. The molecule has 2 heteroatoms. The summed E-state index contributed by atoms with van der Waals surface area (Å²) in [5.41, 5.74) is 1.04. The number of carboxylic acid groups (broad SMARTS) is 1. The second-order valence-electron chi connectivity index (χ2n) is 1.89. The molecule has 0 bridgehead atoms. The van der Waals surface area contributed by atoms with Gasteiger partial charge in [0.05, 0.1) is 0 Å². The maximum atomic E-state index is 10.0. The molecule has 0 unspecified atom stereocenters. The van der Waals surface area contributed by atoms with E-state index in [2.05, 4.69) is 0 Å². The molecule has 56 valence electrons. The van der Waals surface area contributed by atoms with Crippen molar-refractivity contribution in [2.45, 2.75) is 20.3 Å². The zero-order valence-corrected chi connectivity index (χ0v) is 6.29. The lowest BCUT2D eigenvalue weighted by molar-refractivity contribution is -0.131. The number of carbonyl (C=O) groups is 1. The van der Waals surface area contributed by atoms with Gasteiger partial charge in [0, 0.05) is 6.08 Å². The van der Waals surface area contributed by atoms with Crippen LogP contribution in [0.2, 0.25) is 0 Å². The van der Waals surface area contributed by atoms with Crippen LogP contribution in [-0.4, -0.2) is 11.1 Å². The molecule has 0 aliphatic heterocycles. The van der Waals surface area contributed by atoms with Crippen LogP contribution < -0.4 is 0 Å². The van der Waals surface area contributed by atoms with Crippen molar-refractivity contribution in [3.63, 3.8) is 0 Å². The van der Waals surface area contributed by atoms with E-state index < -0.39 is 5.97 Å². The van der Waals surface area contributed by atoms with Crippen LogP contribution in [0.15, 0.2) is 23.8 Å². The van der Waals surface area contributed by atoms with Gasteiger partial charge in [0.1, 0.15) is 0 Å². The Morgan fingerprint density at radius 3 is 2.40 bits per heavy atom. The molecule has 0 radical (unpaired) electrons. The third kappa shape index (κ3) is 3.89. The van der Waals surface area contributed by atoms with Gasteiger partial charge in [0.15, 0.2) is 0 Å². The van der Waals surface area contributed by atoms with Gasteiger partial charge in [0.25, 0.3) is 0 Å². The summed E-state index contributed by atoms with van der Waals surface area (Å²) in [5, 5.41) is 8.24. The van der Waals surface area contributed by atoms with E-state index in [-0.39, 0.29) is 0 Å². The van der Waals surface area contributed by atoms with Crippen LogP contribution in [0.3, 0.4) is 0 Å². The fourth-order valence-corrected chi connectivity index (χ4v) is 0.597. The van der Waals surface area contributed by atoms with E-state index in [1.165, 1.54) is 0 Å². The van der Waals surface area contributed by atoms with Gasteiger partial charge in [0.2, 0.25) is 0 Å². The van der Waals surface area contributed by atoms with E-state index in [0.717, 1.165) is 18.1 Å². The smallest absolute Gasteiger partial charge is 0.328 e. The molecule has 0 heterocycles. The molecule has 2 nitrogen and oxygen atoms in total. The minimum atomic E-state index is -0.896. The maximum absolute atomic E-state index is 10.0. The molecule has 0 rings (SSSR count). The summed E-state index contributed by atoms with van der Waals surface area (Å²) in [6.45, 7) is 3.88. The van der Waals surface area contributed by atoms with Crippen molar-refractivity contribution >= 4 is 5.97 Å². The second kappa shape index (κ2) is 4.79.